The number of hydrogen-bond acceptors (Lipinski definition) is 3. The van der Waals surface area contributed by atoms with E-state index in [2.05, 4.69) is 173 Å². The van der Waals surface area contributed by atoms with Gasteiger partial charge in [0, 0.05) is 27.2 Å². The highest BCUT2D eigenvalue weighted by atomic mass is 15.1. The number of aromatic nitrogens is 2. The van der Waals surface area contributed by atoms with Crippen molar-refractivity contribution in [3.05, 3.63) is 236 Å². The van der Waals surface area contributed by atoms with Crippen LogP contribution in [-0.2, 0) is 0 Å². The zero-order chi connectivity index (χ0) is 41.6. The Labute approximate surface area is 360 Å². The number of nitrogens with zero attached hydrogens (tertiary/aromatic N) is 3. The van der Waals surface area contributed by atoms with Crippen LogP contribution in [0.2, 0.25) is 0 Å². The SMILES string of the molecule is NC(N=C([C@H](N)c1ccccc1)n1c2ccccc2c2cc(-c3ccc(-c4ccc5c6ccc(-c7ccccc7)cc6n(-c6ccccc6)c5c4)cc3)ccc21)c1ccccc1. The number of aliphatic imine (C=N–C) groups is 1. The Bertz CT molecular complexity index is 3400. The first-order chi connectivity index (χ1) is 30.6. The molecule has 0 amide bonds. The fourth-order valence-electron chi connectivity index (χ4n) is 9.07. The van der Waals surface area contributed by atoms with Crippen LogP contribution in [0.4, 0.5) is 0 Å². The lowest BCUT2D eigenvalue weighted by atomic mass is 9.98. The van der Waals surface area contributed by atoms with Crippen molar-refractivity contribution >= 4 is 49.4 Å². The molecule has 2 aromatic heterocycles. The zero-order valence-corrected chi connectivity index (χ0v) is 34.0. The second-order valence-electron chi connectivity index (χ2n) is 15.9. The molecule has 1 unspecified atom stereocenters. The molecule has 0 fully saturated rings. The van der Waals surface area contributed by atoms with E-state index in [1.807, 2.05) is 60.7 Å². The molecular formula is C57H43N5. The molecule has 9 aromatic carbocycles. The van der Waals surface area contributed by atoms with Crippen molar-refractivity contribution in [2.24, 2.45) is 16.5 Å². The lowest BCUT2D eigenvalue weighted by Crippen LogP contribution is -2.29. The summed E-state index contributed by atoms with van der Waals surface area (Å²) in [7, 11) is 0. The Kier molecular flexibility index (Phi) is 9.39. The molecule has 0 bridgehead atoms. The quantitative estimate of drug-likeness (QED) is 0.119. The third-order valence-electron chi connectivity index (χ3n) is 12.2. The number of rotatable bonds is 8. The van der Waals surface area contributed by atoms with Crippen molar-refractivity contribution < 1.29 is 0 Å². The summed E-state index contributed by atoms with van der Waals surface area (Å²) in [5.74, 6) is 0.691. The average Bonchev–Trinajstić information content (AvgIpc) is 3.85. The number of nitrogens with two attached hydrogens (primary N) is 2. The van der Waals surface area contributed by atoms with Crippen molar-refractivity contribution in [3.8, 4) is 39.1 Å². The molecule has 0 saturated heterocycles. The fourth-order valence-corrected chi connectivity index (χ4v) is 9.07. The summed E-state index contributed by atoms with van der Waals surface area (Å²) >= 11 is 0. The van der Waals surface area contributed by atoms with Crippen molar-refractivity contribution in [3.63, 3.8) is 0 Å². The summed E-state index contributed by atoms with van der Waals surface area (Å²) in [6, 6.07) is 78.7. The van der Waals surface area contributed by atoms with E-state index in [0.717, 1.165) is 55.3 Å². The zero-order valence-electron chi connectivity index (χ0n) is 34.0. The highest BCUT2D eigenvalue weighted by Crippen LogP contribution is 2.39. The van der Waals surface area contributed by atoms with Gasteiger partial charge >= 0.3 is 0 Å². The van der Waals surface area contributed by atoms with Crippen molar-refractivity contribution in [2.45, 2.75) is 12.2 Å². The minimum atomic E-state index is -0.593. The van der Waals surface area contributed by atoms with Gasteiger partial charge in [0.2, 0.25) is 0 Å². The van der Waals surface area contributed by atoms with Gasteiger partial charge in [-0.05, 0) is 87.0 Å². The van der Waals surface area contributed by atoms with Gasteiger partial charge in [0.1, 0.15) is 12.0 Å². The summed E-state index contributed by atoms with van der Waals surface area (Å²) in [6.07, 6.45) is -0.593. The summed E-state index contributed by atoms with van der Waals surface area (Å²) < 4.78 is 4.60. The first-order valence-electron chi connectivity index (χ1n) is 21.1. The number of hydrogen-bond donors (Lipinski definition) is 2. The van der Waals surface area contributed by atoms with E-state index >= 15 is 0 Å². The Morgan fingerprint density at radius 3 is 1.40 bits per heavy atom. The van der Waals surface area contributed by atoms with Crippen LogP contribution >= 0.6 is 0 Å². The van der Waals surface area contributed by atoms with Crippen molar-refractivity contribution in [1.29, 1.82) is 0 Å². The lowest BCUT2D eigenvalue weighted by molar-refractivity contribution is 0.752. The Hall–Kier alpha value is -7.83. The number of benzene rings is 9. The van der Waals surface area contributed by atoms with Crippen LogP contribution in [-0.4, -0.2) is 15.0 Å². The molecule has 0 aliphatic heterocycles. The number of para-hydroxylation sites is 2. The van der Waals surface area contributed by atoms with Crippen LogP contribution in [0.15, 0.2) is 229 Å². The molecule has 0 saturated carbocycles. The van der Waals surface area contributed by atoms with E-state index in [1.54, 1.807) is 0 Å². The van der Waals surface area contributed by atoms with E-state index < -0.39 is 12.2 Å². The molecule has 0 aliphatic rings. The molecule has 296 valence electrons. The second-order valence-corrected chi connectivity index (χ2v) is 15.9. The van der Waals surface area contributed by atoms with Crippen LogP contribution < -0.4 is 11.5 Å². The maximum absolute atomic E-state index is 7.13. The predicted molar refractivity (Wildman–Crippen MR) is 260 cm³/mol. The minimum absolute atomic E-state index is 0.517. The first kappa shape index (κ1) is 37.2. The first-order valence-corrected chi connectivity index (χ1v) is 21.1. The summed E-state index contributed by atoms with van der Waals surface area (Å²) in [6.45, 7) is 0. The van der Waals surface area contributed by atoms with E-state index in [0.29, 0.717) is 5.84 Å². The molecular weight excluding hydrogens is 755 g/mol. The van der Waals surface area contributed by atoms with Crippen molar-refractivity contribution in [1.82, 2.24) is 9.13 Å². The largest absolute Gasteiger partial charge is 0.318 e. The van der Waals surface area contributed by atoms with E-state index in [9.17, 15) is 0 Å². The standard InChI is InChI=1S/C57H43N5/c58-55(41-17-7-2-8-18-41)57(60-56(59)42-19-9-3-10-20-42)62-51-24-14-13-23-47(51)50-35-43(31-34-52(50)62)39-25-27-40(28-26-39)45-30-33-49-48-32-29-44(38-15-5-1-6-16-38)36-53(48)61(54(49)37-45)46-21-11-4-12-22-46/h1-37,55-56H,58-59H2/t55-,56?/m1/s1. The molecule has 0 aliphatic carbocycles. The molecule has 0 radical (unpaired) electrons. The van der Waals surface area contributed by atoms with E-state index in [-0.39, 0.29) is 0 Å². The Balaban J connectivity index is 0.991. The Morgan fingerprint density at radius 1 is 0.355 bits per heavy atom. The average molecular weight is 798 g/mol. The topological polar surface area (TPSA) is 74.3 Å². The highest BCUT2D eigenvalue weighted by Gasteiger charge is 2.23. The summed E-state index contributed by atoms with van der Waals surface area (Å²) in [5.41, 5.74) is 28.4. The van der Waals surface area contributed by atoms with Gasteiger partial charge in [-0.25, -0.2) is 4.99 Å². The third kappa shape index (κ3) is 6.57. The normalized spacial score (nSPS) is 13.0. The lowest BCUT2D eigenvalue weighted by Gasteiger charge is -2.21. The molecule has 5 nitrogen and oxygen atoms in total. The van der Waals surface area contributed by atoms with E-state index in [4.69, 9.17) is 16.5 Å². The molecule has 11 rings (SSSR count). The van der Waals surface area contributed by atoms with Gasteiger partial charge in [-0.3, -0.25) is 4.57 Å². The van der Waals surface area contributed by atoms with Crippen LogP contribution in [0.3, 0.4) is 0 Å². The van der Waals surface area contributed by atoms with Gasteiger partial charge < -0.3 is 16.0 Å². The molecule has 0 spiro atoms. The summed E-state index contributed by atoms with van der Waals surface area (Å²) in [5, 5.41) is 4.72. The molecule has 4 N–H and O–H groups in total. The van der Waals surface area contributed by atoms with Crippen molar-refractivity contribution in [2.75, 3.05) is 0 Å². The highest BCUT2D eigenvalue weighted by molar-refractivity contribution is 6.16. The van der Waals surface area contributed by atoms with Gasteiger partial charge in [0.15, 0.2) is 0 Å². The second kappa shape index (κ2) is 15.6. The molecule has 2 heterocycles. The third-order valence-corrected chi connectivity index (χ3v) is 12.2. The van der Waals surface area contributed by atoms with Crippen LogP contribution in [0.5, 0.6) is 0 Å². The van der Waals surface area contributed by atoms with Gasteiger partial charge in [0.05, 0.1) is 28.1 Å². The molecule has 62 heavy (non-hydrogen) atoms. The minimum Gasteiger partial charge on any atom is -0.318 e. The molecule has 2 atom stereocenters. The van der Waals surface area contributed by atoms with Gasteiger partial charge in [-0.1, -0.05) is 182 Å². The monoisotopic (exact) mass is 797 g/mol. The molecule has 5 heteroatoms. The summed E-state index contributed by atoms with van der Waals surface area (Å²) in [4.78, 5) is 5.19. The molecule has 11 aromatic rings. The van der Waals surface area contributed by atoms with Crippen LogP contribution in [0.25, 0.3) is 82.7 Å². The van der Waals surface area contributed by atoms with E-state index in [1.165, 1.54) is 38.5 Å². The maximum Gasteiger partial charge on any atom is 0.132 e. The van der Waals surface area contributed by atoms with Gasteiger partial charge in [0.25, 0.3) is 0 Å². The smallest absolute Gasteiger partial charge is 0.132 e. The van der Waals surface area contributed by atoms with Crippen LogP contribution in [0, 0.1) is 0 Å². The number of fused-ring (bicyclic) bond motifs is 6. The van der Waals surface area contributed by atoms with Gasteiger partial charge in [-0.15, -0.1) is 0 Å². The Morgan fingerprint density at radius 2 is 0.790 bits per heavy atom. The predicted octanol–water partition coefficient (Wildman–Crippen LogP) is 13.5. The maximum atomic E-state index is 7.13. The van der Waals surface area contributed by atoms with Gasteiger partial charge in [-0.2, -0.15) is 0 Å². The van der Waals surface area contributed by atoms with Crippen LogP contribution in [0.1, 0.15) is 23.3 Å². The fraction of sp³-hybridized carbons (Fsp3) is 0.0351.